The molecule has 1 atom stereocenters. The zero-order chi connectivity index (χ0) is 14.5. The van der Waals surface area contributed by atoms with Gasteiger partial charge in [-0.1, -0.05) is 42.5 Å². The lowest BCUT2D eigenvalue weighted by molar-refractivity contribution is 0.00458. The Kier molecular flexibility index (Phi) is 4.53. The first-order chi connectivity index (χ1) is 10.4. The van der Waals surface area contributed by atoms with Crippen molar-refractivity contribution in [2.24, 2.45) is 0 Å². The maximum absolute atomic E-state index is 5.81. The molecule has 2 aromatic rings. The Labute approximate surface area is 125 Å². The predicted molar refractivity (Wildman–Crippen MR) is 83.3 cm³/mol. The molecule has 1 N–H and O–H groups in total. The van der Waals surface area contributed by atoms with Gasteiger partial charge in [0.1, 0.15) is 5.75 Å². The third-order valence-electron chi connectivity index (χ3n) is 3.99. The molecule has 2 aromatic carbocycles. The van der Waals surface area contributed by atoms with Gasteiger partial charge in [-0.05, 0) is 42.6 Å². The second-order valence-corrected chi connectivity index (χ2v) is 5.30. The van der Waals surface area contributed by atoms with Gasteiger partial charge in [-0.3, -0.25) is 0 Å². The molecule has 0 radical (unpaired) electrons. The first-order valence-corrected chi connectivity index (χ1v) is 7.42. The zero-order valence-electron chi connectivity index (χ0n) is 12.3. The van der Waals surface area contributed by atoms with Crippen LogP contribution < -0.4 is 10.1 Å². The third kappa shape index (κ3) is 3.26. The Bertz CT molecular complexity index is 583. The Morgan fingerprint density at radius 3 is 2.76 bits per heavy atom. The van der Waals surface area contributed by atoms with Gasteiger partial charge >= 0.3 is 0 Å². The van der Waals surface area contributed by atoms with E-state index >= 15 is 0 Å². The summed E-state index contributed by atoms with van der Waals surface area (Å²) in [5.41, 5.74) is 3.84. The highest BCUT2D eigenvalue weighted by Gasteiger charge is 2.23. The largest absolute Gasteiger partial charge is 0.467 e. The number of rotatable bonds is 6. The summed E-state index contributed by atoms with van der Waals surface area (Å²) in [7, 11) is 2.01. The second-order valence-electron chi connectivity index (χ2n) is 5.30. The van der Waals surface area contributed by atoms with E-state index < -0.39 is 0 Å². The van der Waals surface area contributed by atoms with Crippen molar-refractivity contribution in [2.45, 2.75) is 25.5 Å². The Morgan fingerprint density at radius 1 is 1.10 bits per heavy atom. The van der Waals surface area contributed by atoms with Crippen LogP contribution in [0.15, 0.2) is 48.5 Å². The number of nitrogens with one attached hydrogen (secondary N) is 1. The van der Waals surface area contributed by atoms with Crippen LogP contribution in [0.1, 0.15) is 29.2 Å². The smallest absolute Gasteiger partial charge is 0.189 e. The zero-order valence-corrected chi connectivity index (χ0v) is 12.3. The van der Waals surface area contributed by atoms with Gasteiger partial charge < -0.3 is 14.8 Å². The van der Waals surface area contributed by atoms with Crippen molar-refractivity contribution in [3.8, 4) is 5.75 Å². The number of hydrogen-bond donors (Lipinski definition) is 1. The fourth-order valence-corrected chi connectivity index (χ4v) is 2.89. The van der Waals surface area contributed by atoms with Crippen molar-refractivity contribution in [1.29, 1.82) is 0 Å². The monoisotopic (exact) mass is 283 g/mol. The van der Waals surface area contributed by atoms with Crippen molar-refractivity contribution in [1.82, 2.24) is 5.32 Å². The molecule has 0 aromatic heterocycles. The SMILES string of the molecule is CNC1CCc2c(OCOCc3ccccc3)cccc21. The molecule has 110 valence electrons. The van der Waals surface area contributed by atoms with E-state index in [9.17, 15) is 0 Å². The average Bonchev–Trinajstić information content (AvgIpc) is 2.96. The van der Waals surface area contributed by atoms with E-state index in [0.717, 1.165) is 24.2 Å². The van der Waals surface area contributed by atoms with Crippen LogP contribution in [0.5, 0.6) is 5.75 Å². The minimum atomic E-state index is 0.287. The molecular formula is C18H21NO2. The molecule has 0 spiro atoms. The van der Waals surface area contributed by atoms with Gasteiger partial charge in [0.25, 0.3) is 0 Å². The number of benzene rings is 2. The van der Waals surface area contributed by atoms with Crippen molar-refractivity contribution in [3.05, 3.63) is 65.2 Å². The van der Waals surface area contributed by atoms with Gasteiger partial charge in [-0.25, -0.2) is 0 Å². The summed E-state index contributed by atoms with van der Waals surface area (Å²) in [6, 6.07) is 16.9. The van der Waals surface area contributed by atoms with Gasteiger partial charge in [0.2, 0.25) is 0 Å². The Hall–Kier alpha value is -1.84. The molecule has 0 saturated carbocycles. The van der Waals surface area contributed by atoms with Crippen LogP contribution in [-0.2, 0) is 17.8 Å². The van der Waals surface area contributed by atoms with E-state index in [-0.39, 0.29) is 6.79 Å². The minimum absolute atomic E-state index is 0.287. The van der Waals surface area contributed by atoms with Crippen LogP contribution >= 0.6 is 0 Å². The van der Waals surface area contributed by atoms with Gasteiger partial charge in [0.05, 0.1) is 6.61 Å². The molecule has 1 aliphatic carbocycles. The lowest BCUT2D eigenvalue weighted by Crippen LogP contribution is -2.12. The molecule has 0 saturated heterocycles. The van der Waals surface area contributed by atoms with Crippen LogP contribution in [-0.4, -0.2) is 13.8 Å². The summed E-state index contributed by atoms with van der Waals surface area (Å²) in [4.78, 5) is 0. The van der Waals surface area contributed by atoms with Crippen molar-refractivity contribution >= 4 is 0 Å². The van der Waals surface area contributed by atoms with Gasteiger partial charge in [0, 0.05) is 6.04 Å². The summed E-state index contributed by atoms with van der Waals surface area (Å²) in [5, 5.41) is 3.35. The van der Waals surface area contributed by atoms with Crippen LogP contribution in [0, 0.1) is 0 Å². The normalized spacial score (nSPS) is 16.7. The lowest BCUT2D eigenvalue weighted by atomic mass is 10.1. The first-order valence-electron chi connectivity index (χ1n) is 7.42. The topological polar surface area (TPSA) is 30.5 Å². The van der Waals surface area contributed by atoms with Crippen molar-refractivity contribution in [2.75, 3.05) is 13.8 Å². The first kappa shape index (κ1) is 14.1. The molecular weight excluding hydrogens is 262 g/mol. The highest BCUT2D eigenvalue weighted by atomic mass is 16.7. The van der Waals surface area contributed by atoms with Crippen molar-refractivity contribution in [3.63, 3.8) is 0 Å². The molecule has 3 rings (SSSR count). The van der Waals surface area contributed by atoms with E-state index in [0.29, 0.717) is 12.6 Å². The van der Waals surface area contributed by atoms with E-state index in [1.54, 1.807) is 0 Å². The molecule has 1 aliphatic rings. The average molecular weight is 283 g/mol. The lowest BCUT2D eigenvalue weighted by Gasteiger charge is -2.13. The number of fused-ring (bicyclic) bond motifs is 1. The highest BCUT2D eigenvalue weighted by Crippen LogP contribution is 2.36. The van der Waals surface area contributed by atoms with E-state index in [1.807, 2.05) is 31.3 Å². The van der Waals surface area contributed by atoms with Gasteiger partial charge in [-0.2, -0.15) is 0 Å². The molecule has 21 heavy (non-hydrogen) atoms. The van der Waals surface area contributed by atoms with Gasteiger partial charge in [-0.15, -0.1) is 0 Å². The van der Waals surface area contributed by atoms with Crippen LogP contribution in [0.25, 0.3) is 0 Å². The highest BCUT2D eigenvalue weighted by molar-refractivity contribution is 5.45. The van der Waals surface area contributed by atoms with E-state index in [2.05, 4.69) is 29.6 Å². The fraction of sp³-hybridized carbons (Fsp3) is 0.333. The Morgan fingerprint density at radius 2 is 1.95 bits per heavy atom. The van der Waals surface area contributed by atoms with Crippen LogP contribution in [0.3, 0.4) is 0 Å². The number of hydrogen-bond acceptors (Lipinski definition) is 3. The molecule has 0 heterocycles. The van der Waals surface area contributed by atoms with E-state index in [4.69, 9.17) is 9.47 Å². The molecule has 1 unspecified atom stereocenters. The fourth-order valence-electron chi connectivity index (χ4n) is 2.89. The maximum atomic E-state index is 5.81. The van der Waals surface area contributed by atoms with E-state index in [1.165, 1.54) is 11.1 Å². The third-order valence-corrected chi connectivity index (χ3v) is 3.99. The molecule has 0 bridgehead atoms. The summed E-state index contributed by atoms with van der Waals surface area (Å²) in [6.45, 7) is 0.866. The van der Waals surface area contributed by atoms with Crippen molar-refractivity contribution < 1.29 is 9.47 Å². The summed E-state index contributed by atoms with van der Waals surface area (Å²) in [6.07, 6.45) is 2.20. The molecule has 0 amide bonds. The summed E-state index contributed by atoms with van der Waals surface area (Å²) >= 11 is 0. The number of ether oxygens (including phenoxy) is 2. The minimum Gasteiger partial charge on any atom is -0.467 e. The molecule has 3 heteroatoms. The Balaban J connectivity index is 1.56. The van der Waals surface area contributed by atoms with Crippen LogP contribution in [0.4, 0.5) is 0 Å². The van der Waals surface area contributed by atoms with Gasteiger partial charge in [0.15, 0.2) is 6.79 Å². The maximum Gasteiger partial charge on any atom is 0.189 e. The standard InChI is InChI=1S/C18H21NO2/c1-19-17-11-10-16-15(17)8-5-9-18(16)21-13-20-12-14-6-3-2-4-7-14/h2-9,17,19H,10-13H2,1H3. The molecule has 0 fully saturated rings. The quantitative estimate of drug-likeness (QED) is 0.650. The van der Waals surface area contributed by atoms with Crippen LogP contribution in [0.2, 0.25) is 0 Å². The molecule has 3 nitrogen and oxygen atoms in total. The second kappa shape index (κ2) is 6.74. The molecule has 0 aliphatic heterocycles. The summed E-state index contributed by atoms with van der Waals surface area (Å²) < 4.78 is 11.4. The predicted octanol–water partition coefficient (Wildman–Crippen LogP) is 3.45. The summed E-state index contributed by atoms with van der Waals surface area (Å²) in [5.74, 6) is 0.957.